The van der Waals surface area contributed by atoms with Crippen molar-refractivity contribution < 1.29 is 19.1 Å². The Morgan fingerprint density at radius 1 is 0.821 bits per heavy atom. The topological polar surface area (TPSA) is 64.6 Å². The standard InChI is InChI=1S/C23H43NO4/c1-4-7-8-9-10-11-12-13-14-15-16-17-20-27-22(25)21(18-5-2)24-23(26)28-19-6-3/h6,21H,3-5,7-20H2,1-2H3,(H,24,26). The third-order valence-electron chi connectivity index (χ3n) is 4.73. The van der Waals surface area contributed by atoms with Crippen molar-refractivity contribution in [3.8, 4) is 0 Å². The van der Waals surface area contributed by atoms with Crippen LogP contribution in [0.3, 0.4) is 0 Å². The quantitative estimate of drug-likeness (QED) is 0.157. The first kappa shape index (κ1) is 26.5. The minimum atomic E-state index is -0.639. The molecule has 0 rings (SSSR count). The van der Waals surface area contributed by atoms with Crippen molar-refractivity contribution in [2.75, 3.05) is 13.2 Å². The van der Waals surface area contributed by atoms with Gasteiger partial charge in [0.2, 0.25) is 0 Å². The summed E-state index contributed by atoms with van der Waals surface area (Å²) in [4.78, 5) is 23.7. The van der Waals surface area contributed by atoms with Gasteiger partial charge in [0.1, 0.15) is 12.6 Å². The maximum atomic E-state index is 12.1. The molecule has 5 heteroatoms. The van der Waals surface area contributed by atoms with Gasteiger partial charge in [-0.05, 0) is 12.8 Å². The second kappa shape index (κ2) is 20.2. The monoisotopic (exact) mass is 397 g/mol. The van der Waals surface area contributed by atoms with Crippen LogP contribution >= 0.6 is 0 Å². The van der Waals surface area contributed by atoms with Gasteiger partial charge in [-0.2, -0.15) is 0 Å². The summed E-state index contributed by atoms with van der Waals surface area (Å²) < 4.78 is 10.2. The lowest BCUT2D eigenvalue weighted by Crippen LogP contribution is -2.42. The molecule has 5 nitrogen and oxygen atoms in total. The minimum absolute atomic E-state index is 0.124. The largest absolute Gasteiger partial charge is 0.464 e. The van der Waals surface area contributed by atoms with Crippen LogP contribution in [0.4, 0.5) is 4.79 Å². The van der Waals surface area contributed by atoms with Crippen LogP contribution in [0.25, 0.3) is 0 Å². The molecule has 0 heterocycles. The van der Waals surface area contributed by atoms with Gasteiger partial charge in [-0.25, -0.2) is 9.59 Å². The normalized spacial score (nSPS) is 11.6. The molecule has 1 unspecified atom stereocenters. The van der Waals surface area contributed by atoms with Gasteiger partial charge in [0.05, 0.1) is 6.61 Å². The van der Waals surface area contributed by atoms with Gasteiger partial charge in [-0.15, -0.1) is 0 Å². The van der Waals surface area contributed by atoms with Crippen LogP contribution in [-0.2, 0) is 14.3 Å². The summed E-state index contributed by atoms with van der Waals surface area (Å²) in [5, 5.41) is 2.57. The van der Waals surface area contributed by atoms with Crippen molar-refractivity contribution in [1.29, 1.82) is 0 Å². The molecule has 0 aromatic rings. The average Bonchev–Trinajstić information content (AvgIpc) is 2.69. The molecule has 0 aliphatic carbocycles. The predicted molar refractivity (Wildman–Crippen MR) is 115 cm³/mol. The third-order valence-corrected chi connectivity index (χ3v) is 4.73. The van der Waals surface area contributed by atoms with Crippen LogP contribution in [0.1, 0.15) is 104 Å². The molecule has 0 fully saturated rings. The zero-order valence-electron chi connectivity index (χ0n) is 18.3. The number of ether oxygens (including phenoxy) is 2. The summed E-state index contributed by atoms with van der Waals surface area (Å²) in [7, 11) is 0. The number of hydrogen-bond acceptors (Lipinski definition) is 4. The van der Waals surface area contributed by atoms with Crippen molar-refractivity contribution >= 4 is 12.1 Å². The van der Waals surface area contributed by atoms with Gasteiger partial charge >= 0.3 is 12.1 Å². The third kappa shape index (κ3) is 16.6. The van der Waals surface area contributed by atoms with Crippen molar-refractivity contribution in [2.24, 2.45) is 0 Å². The highest BCUT2D eigenvalue weighted by atomic mass is 16.6. The Kier molecular flexibility index (Phi) is 19.1. The van der Waals surface area contributed by atoms with Gasteiger partial charge in [-0.1, -0.05) is 104 Å². The summed E-state index contributed by atoms with van der Waals surface area (Å²) in [6.45, 7) is 8.24. The number of alkyl carbamates (subject to hydrolysis) is 1. The molecule has 0 saturated heterocycles. The van der Waals surface area contributed by atoms with E-state index in [9.17, 15) is 9.59 Å². The van der Waals surface area contributed by atoms with E-state index in [0.717, 1.165) is 19.3 Å². The Morgan fingerprint density at radius 2 is 1.36 bits per heavy atom. The molecule has 1 atom stereocenters. The molecular formula is C23H43NO4. The lowest BCUT2D eigenvalue weighted by Gasteiger charge is -2.16. The number of esters is 1. The van der Waals surface area contributed by atoms with Crippen molar-refractivity contribution in [2.45, 2.75) is 110 Å². The van der Waals surface area contributed by atoms with Crippen molar-refractivity contribution in [3.63, 3.8) is 0 Å². The van der Waals surface area contributed by atoms with Gasteiger partial charge in [0.15, 0.2) is 0 Å². The first-order chi connectivity index (χ1) is 13.7. The molecule has 28 heavy (non-hydrogen) atoms. The zero-order chi connectivity index (χ0) is 20.9. The molecule has 0 bridgehead atoms. The van der Waals surface area contributed by atoms with E-state index in [1.165, 1.54) is 70.3 Å². The average molecular weight is 398 g/mol. The lowest BCUT2D eigenvalue weighted by atomic mass is 10.1. The molecular weight excluding hydrogens is 354 g/mol. The summed E-state index contributed by atoms with van der Waals surface area (Å²) in [6.07, 6.45) is 17.5. The summed E-state index contributed by atoms with van der Waals surface area (Å²) in [5.41, 5.74) is 0. The fraction of sp³-hybridized carbons (Fsp3) is 0.826. The van der Waals surface area contributed by atoms with Crippen LogP contribution in [0.2, 0.25) is 0 Å². The molecule has 0 saturated carbocycles. The number of amides is 1. The van der Waals surface area contributed by atoms with Crippen LogP contribution in [0.5, 0.6) is 0 Å². The van der Waals surface area contributed by atoms with Gasteiger partial charge in [-0.3, -0.25) is 0 Å². The molecule has 0 spiro atoms. The van der Waals surface area contributed by atoms with Crippen LogP contribution < -0.4 is 5.32 Å². The van der Waals surface area contributed by atoms with Crippen molar-refractivity contribution in [1.82, 2.24) is 5.32 Å². The summed E-state index contributed by atoms with van der Waals surface area (Å²) in [6, 6.07) is -0.639. The van der Waals surface area contributed by atoms with Crippen LogP contribution in [0, 0.1) is 0 Å². The zero-order valence-corrected chi connectivity index (χ0v) is 18.3. The highest BCUT2D eigenvalue weighted by Gasteiger charge is 2.21. The predicted octanol–water partition coefficient (Wildman–Crippen LogP) is 6.31. The Bertz CT molecular complexity index is 398. The van der Waals surface area contributed by atoms with E-state index in [4.69, 9.17) is 9.47 Å². The second-order valence-electron chi connectivity index (χ2n) is 7.43. The highest BCUT2D eigenvalue weighted by Crippen LogP contribution is 2.12. The molecule has 0 aromatic carbocycles. The molecule has 1 amide bonds. The lowest BCUT2D eigenvalue weighted by molar-refractivity contribution is -0.146. The van der Waals surface area contributed by atoms with E-state index in [1.807, 2.05) is 6.92 Å². The minimum Gasteiger partial charge on any atom is -0.464 e. The fourth-order valence-electron chi connectivity index (χ4n) is 3.07. The SMILES string of the molecule is C=CCOC(=O)NC(CCC)C(=O)OCCCCCCCCCCCCCC. The molecule has 0 aliphatic heterocycles. The van der Waals surface area contributed by atoms with E-state index in [-0.39, 0.29) is 12.6 Å². The summed E-state index contributed by atoms with van der Waals surface area (Å²) in [5.74, 6) is -0.375. The molecule has 0 radical (unpaired) electrons. The number of nitrogens with one attached hydrogen (secondary N) is 1. The Morgan fingerprint density at radius 3 is 1.86 bits per heavy atom. The van der Waals surface area contributed by atoms with Gasteiger partial charge in [0.25, 0.3) is 0 Å². The van der Waals surface area contributed by atoms with E-state index in [2.05, 4.69) is 18.8 Å². The van der Waals surface area contributed by atoms with Crippen LogP contribution in [-0.4, -0.2) is 31.3 Å². The van der Waals surface area contributed by atoms with E-state index in [0.29, 0.717) is 13.0 Å². The van der Waals surface area contributed by atoms with Gasteiger partial charge < -0.3 is 14.8 Å². The molecule has 164 valence electrons. The maximum absolute atomic E-state index is 12.1. The smallest absolute Gasteiger partial charge is 0.408 e. The van der Waals surface area contributed by atoms with Crippen molar-refractivity contribution in [3.05, 3.63) is 12.7 Å². The maximum Gasteiger partial charge on any atom is 0.408 e. The first-order valence-electron chi connectivity index (χ1n) is 11.4. The highest BCUT2D eigenvalue weighted by molar-refractivity contribution is 5.81. The summed E-state index contributed by atoms with van der Waals surface area (Å²) >= 11 is 0. The van der Waals surface area contributed by atoms with Gasteiger partial charge in [0, 0.05) is 0 Å². The van der Waals surface area contributed by atoms with E-state index in [1.54, 1.807) is 0 Å². The second-order valence-corrected chi connectivity index (χ2v) is 7.43. The van der Waals surface area contributed by atoms with E-state index < -0.39 is 12.1 Å². The number of unbranched alkanes of at least 4 members (excludes halogenated alkanes) is 11. The first-order valence-corrected chi connectivity index (χ1v) is 11.4. The number of hydrogen-bond donors (Lipinski definition) is 1. The molecule has 0 aliphatic rings. The molecule has 0 aromatic heterocycles. The number of carbonyl (C=O) groups excluding carboxylic acids is 2. The Balaban J connectivity index is 3.64. The fourth-order valence-corrected chi connectivity index (χ4v) is 3.07. The molecule has 1 N–H and O–H groups in total. The Labute approximate surface area is 172 Å². The number of carbonyl (C=O) groups is 2. The number of rotatable bonds is 19. The Hall–Kier alpha value is -1.52. The van der Waals surface area contributed by atoms with Crippen LogP contribution in [0.15, 0.2) is 12.7 Å². The van der Waals surface area contributed by atoms with E-state index >= 15 is 0 Å².